The van der Waals surface area contributed by atoms with Gasteiger partial charge in [-0.2, -0.15) is 4.31 Å². The van der Waals surface area contributed by atoms with Crippen molar-refractivity contribution in [2.75, 3.05) is 66.1 Å². The van der Waals surface area contributed by atoms with Crippen molar-refractivity contribution in [1.82, 2.24) is 19.4 Å². The molecule has 4 rings (SSSR count). The number of piperazine rings is 1. The van der Waals surface area contributed by atoms with Crippen molar-refractivity contribution in [3.05, 3.63) is 23.8 Å². The molecule has 2 aliphatic heterocycles. The highest BCUT2D eigenvalue weighted by Crippen LogP contribution is 2.29. The molecule has 1 N–H and O–H groups in total. The van der Waals surface area contributed by atoms with Crippen molar-refractivity contribution in [2.24, 2.45) is 0 Å². The van der Waals surface area contributed by atoms with Gasteiger partial charge in [0.1, 0.15) is 10.6 Å². The Bertz CT molecular complexity index is 951. The minimum atomic E-state index is -3.81. The third kappa shape index (κ3) is 5.22. The Morgan fingerprint density at radius 3 is 2.41 bits per heavy atom. The van der Waals surface area contributed by atoms with Crippen molar-refractivity contribution in [3.63, 3.8) is 0 Å². The molecule has 0 aromatic heterocycles. The molecule has 10 nitrogen and oxygen atoms in total. The van der Waals surface area contributed by atoms with Gasteiger partial charge in [0, 0.05) is 50.9 Å². The second-order valence-corrected chi connectivity index (χ2v) is 10.2. The largest absolute Gasteiger partial charge is 0.495 e. The van der Waals surface area contributed by atoms with Crippen LogP contribution in [0.3, 0.4) is 0 Å². The molecular formula is C21H30N4O6S. The smallest absolute Gasteiger partial charge is 0.253 e. The number of nitrogens with zero attached hydrogens (tertiary/aromatic N) is 3. The fraction of sp³-hybridized carbons (Fsp3) is 0.619. The summed E-state index contributed by atoms with van der Waals surface area (Å²) in [5, 5.41) is 2.98. The van der Waals surface area contributed by atoms with E-state index in [0.29, 0.717) is 57.5 Å². The van der Waals surface area contributed by atoms with Crippen molar-refractivity contribution >= 4 is 21.8 Å². The molecule has 11 heteroatoms. The van der Waals surface area contributed by atoms with Crippen LogP contribution in [-0.2, 0) is 19.6 Å². The average molecular weight is 467 g/mol. The van der Waals surface area contributed by atoms with E-state index < -0.39 is 10.0 Å². The molecule has 2 amide bonds. The average Bonchev–Trinajstić information content (AvgIpc) is 3.63. The lowest BCUT2D eigenvalue weighted by Crippen LogP contribution is -2.51. The van der Waals surface area contributed by atoms with Gasteiger partial charge in [-0.05, 0) is 31.0 Å². The highest BCUT2D eigenvalue weighted by Gasteiger charge is 2.31. The maximum Gasteiger partial charge on any atom is 0.253 e. The fourth-order valence-electron chi connectivity index (χ4n) is 3.93. The first-order valence-electron chi connectivity index (χ1n) is 11.0. The first kappa shape index (κ1) is 23.0. The molecule has 2 heterocycles. The molecule has 0 spiro atoms. The van der Waals surface area contributed by atoms with Gasteiger partial charge < -0.3 is 19.7 Å². The third-order valence-corrected chi connectivity index (χ3v) is 7.89. The number of morpholine rings is 1. The van der Waals surface area contributed by atoms with E-state index in [1.54, 1.807) is 11.0 Å². The first-order valence-corrected chi connectivity index (χ1v) is 12.4. The summed E-state index contributed by atoms with van der Waals surface area (Å²) in [6, 6.07) is 4.86. The number of amides is 2. The number of methoxy groups -OCH3 is 1. The second kappa shape index (κ2) is 9.74. The molecule has 1 saturated carbocycles. The Morgan fingerprint density at radius 1 is 1.09 bits per heavy atom. The van der Waals surface area contributed by atoms with Gasteiger partial charge in [0.2, 0.25) is 15.9 Å². The Morgan fingerprint density at radius 2 is 1.78 bits per heavy atom. The predicted molar refractivity (Wildman–Crippen MR) is 116 cm³/mol. The van der Waals surface area contributed by atoms with Gasteiger partial charge in [-0.15, -0.1) is 0 Å². The highest BCUT2D eigenvalue weighted by molar-refractivity contribution is 7.89. The molecule has 32 heavy (non-hydrogen) atoms. The quantitative estimate of drug-likeness (QED) is 0.590. The molecule has 1 aromatic carbocycles. The van der Waals surface area contributed by atoms with E-state index in [4.69, 9.17) is 9.47 Å². The van der Waals surface area contributed by atoms with Gasteiger partial charge in [0.15, 0.2) is 0 Å². The van der Waals surface area contributed by atoms with Crippen molar-refractivity contribution < 1.29 is 27.5 Å². The number of nitrogens with one attached hydrogen (secondary N) is 1. The summed E-state index contributed by atoms with van der Waals surface area (Å²) in [5.41, 5.74) is 0.303. The molecule has 1 aliphatic carbocycles. The zero-order valence-corrected chi connectivity index (χ0v) is 19.1. The molecule has 0 bridgehead atoms. The normalized spacial score (nSPS) is 20.7. The summed E-state index contributed by atoms with van der Waals surface area (Å²) in [4.78, 5) is 28.8. The summed E-state index contributed by atoms with van der Waals surface area (Å²) in [7, 11) is -2.40. The van der Waals surface area contributed by atoms with Gasteiger partial charge in [0.25, 0.3) is 5.91 Å². The molecule has 0 unspecified atom stereocenters. The fourth-order valence-corrected chi connectivity index (χ4v) is 5.52. The van der Waals surface area contributed by atoms with Crippen LogP contribution in [0.4, 0.5) is 0 Å². The van der Waals surface area contributed by atoms with Gasteiger partial charge in [-0.3, -0.25) is 14.5 Å². The maximum absolute atomic E-state index is 13.2. The van der Waals surface area contributed by atoms with E-state index in [0.717, 1.165) is 12.8 Å². The minimum Gasteiger partial charge on any atom is -0.495 e. The number of rotatable bonds is 7. The van der Waals surface area contributed by atoms with Gasteiger partial charge in [-0.25, -0.2) is 8.42 Å². The molecule has 0 atom stereocenters. The number of sulfonamides is 1. The Balaban J connectivity index is 1.42. The van der Waals surface area contributed by atoms with Crippen LogP contribution in [0.25, 0.3) is 0 Å². The molecule has 0 radical (unpaired) electrons. The predicted octanol–water partition coefficient (Wildman–Crippen LogP) is -0.247. The van der Waals surface area contributed by atoms with E-state index in [2.05, 4.69) is 5.32 Å². The van der Waals surface area contributed by atoms with Crippen LogP contribution < -0.4 is 10.1 Å². The van der Waals surface area contributed by atoms with Crippen molar-refractivity contribution in [1.29, 1.82) is 0 Å². The number of carbonyl (C=O) groups is 2. The first-order chi connectivity index (χ1) is 15.4. The Hall–Kier alpha value is -2.21. The van der Waals surface area contributed by atoms with Gasteiger partial charge in [0.05, 0.1) is 26.9 Å². The summed E-state index contributed by atoms with van der Waals surface area (Å²) in [5.74, 6) is 0.00749. The highest BCUT2D eigenvalue weighted by atomic mass is 32.2. The lowest BCUT2D eigenvalue weighted by atomic mass is 10.1. The molecule has 1 aromatic rings. The number of carbonyl (C=O) groups excluding carboxylic acids is 2. The lowest BCUT2D eigenvalue weighted by molar-refractivity contribution is -0.122. The summed E-state index contributed by atoms with van der Waals surface area (Å²) in [6.07, 6.45) is 2.11. The SMILES string of the molecule is COc1ccc(C(=O)N2CCN(CC(=O)NC3CC3)CC2)cc1S(=O)(=O)N1CCOCC1. The van der Waals surface area contributed by atoms with E-state index >= 15 is 0 Å². The molecule has 3 fully saturated rings. The van der Waals surface area contributed by atoms with E-state index in [1.165, 1.54) is 23.5 Å². The lowest BCUT2D eigenvalue weighted by Gasteiger charge is -2.34. The summed E-state index contributed by atoms with van der Waals surface area (Å²) in [6.45, 7) is 3.69. The summed E-state index contributed by atoms with van der Waals surface area (Å²) >= 11 is 0. The van der Waals surface area contributed by atoms with E-state index in [9.17, 15) is 18.0 Å². The molecular weight excluding hydrogens is 436 g/mol. The van der Waals surface area contributed by atoms with Crippen LogP contribution in [-0.4, -0.2) is 107 Å². The van der Waals surface area contributed by atoms with Crippen LogP contribution in [0.1, 0.15) is 23.2 Å². The van der Waals surface area contributed by atoms with E-state index in [-0.39, 0.29) is 35.5 Å². The van der Waals surface area contributed by atoms with Crippen LogP contribution in [0, 0.1) is 0 Å². The van der Waals surface area contributed by atoms with Crippen LogP contribution in [0.5, 0.6) is 5.75 Å². The van der Waals surface area contributed by atoms with E-state index in [1.807, 2.05) is 4.90 Å². The number of hydrogen-bond acceptors (Lipinski definition) is 7. The molecule has 3 aliphatic rings. The number of ether oxygens (including phenoxy) is 2. The van der Waals surface area contributed by atoms with Crippen molar-refractivity contribution in [3.8, 4) is 5.75 Å². The van der Waals surface area contributed by atoms with Crippen LogP contribution >= 0.6 is 0 Å². The standard InChI is InChI=1S/C21H30N4O6S/c1-30-18-5-2-16(14-19(18)32(28,29)25-10-12-31-13-11-25)21(27)24-8-6-23(7-9-24)15-20(26)22-17-3-4-17/h2,5,14,17H,3-4,6-13,15H2,1H3,(H,22,26). The summed E-state index contributed by atoms with van der Waals surface area (Å²) < 4.78 is 38.2. The topological polar surface area (TPSA) is 108 Å². The van der Waals surface area contributed by atoms with Gasteiger partial charge in [-0.1, -0.05) is 0 Å². The molecule has 176 valence electrons. The maximum atomic E-state index is 13.2. The zero-order valence-electron chi connectivity index (χ0n) is 18.3. The monoisotopic (exact) mass is 466 g/mol. The van der Waals surface area contributed by atoms with Gasteiger partial charge >= 0.3 is 0 Å². The molecule has 2 saturated heterocycles. The zero-order chi connectivity index (χ0) is 22.7. The Kier molecular flexibility index (Phi) is 6.99. The third-order valence-electron chi connectivity index (χ3n) is 5.97. The number of benzene rings is 1. The van der Waals surface area contributed by atoms with Crippen LogP contribution in [0.15, 0.2) is 23.1 Å². The van der Waals surface area contributed by atoms with Crippen LogP contribution in [0.2, 0.25) is 0 Å². The Labute approximate surface area is 188 Å². The minimum absolute atomic E-state index is 0.0110. The van der Waals surface area contributed by atoms with Crippen molar-refractivity contribution in [2.45, 2.75) is 23.8 Å². The number of hydrogen-bond donors (Lipinski definition) is 1. The second-order valence-electron chi connectivity index (χ2n) is 8.29.